The topological polar surface area (TPSA) is 3.24 Å². The van der Waals surface area contributed by atoms with Crippen molar-refractivity contribution in [2.45, 2.75) is 70.4 Å². The number of hydrogen-bond acceptors (Lipinski definition) is 1. The van der Waals surface area contributed by atoms with Crippen molar-refractivity contribution in [1.82, 2.24) is 4.90 Å². The molecule has 0 unspecified atom stereocenters. The van der Waals surface area contributed by atoms with Crippen molar-refractivity contribution in [2.75, 3.05) is 7.05 Å². The van der Waals surface area contributed by atoms with Gasteiger partial charge in [0, 0.05) is 11.1 Å². The number of nitrogens with zero attached hydrogens (tertiary/aromatic N) is 1. The van der Waals surface area contributed by atoms with Gasteiger partial charge in [0.05, 0.1) is 0 Å². The highest BCUT2D eigenvalue weighted by atomic mass is 15.2. The van der Waals surface area contributed by atoms with Gasteiger partial charge >= 0.3 is 0 Å². The molecule has 0 aromatic carbocycles. The van der Waals surface area contributed by atoms with Gasteiger partial charge in [0.2, 0.25) is 0 Å². The zero-order valence-corrected chi connectivity index (χ0v) is 11.4. The van der Waals surface area contributed by atoms with Crippen molar-refractivity contribution in [2.24, 2.45) is 17.8 Å². The highest BCUT2D eigenvalue weighted by molar-refractivity contribution is 5.08. The third-order valence-corrected chi connectivity index (χ3v) is 5.72. The Morgan fingerprint density at radius 3 is 1.56 bits per heavy atom. The van der Waals surface area contributed by atoms with Gasteiger partial charge in [0.25, 0.3) is 0 Å². The maximum absolute atomic E-state index is 2.73. The summed E-state index contributed by atoms with van der Waals surface area (Å²) < 4.78 is 0. The summed E-state index contributed by atoms with van der Waals surface area (Å²) in [5.41, 5.74) is 0.915. The van der Waals surface area contributed by atoms with E-state index in [9.17, 15) is 0 Å². The maximum Gasteiger partial charge on any atom is 0.0219 e. The summed E-state index contributed by atoms with van der Waals surface area (Å²) in [5, 5.41) is 0. The van der Waals surface area contributed by atoms with Crippen LogP contribution in [0.3, 0.4) is 0 Å². The van der Waals surface area contributed by atoms with Gasteiger partial charge in [0.15, 0.2) is 0 Å². The molecular formula is C15H27N. The van der Waals surface area contributed by atoms with Gasteiger partial charge in [-0.1, -0.05) is 0 Å². The molecule has 0 amide bonds. The molecule has 4 saturated carbocycles. The number of rotatable bonds is 1. The third-order valence-electron chi connectivity index (χ3n) is 5.72. The van der Waals surface area contributed by atoms with Crippen LogP contribution < -0.4 is 0 Å². The van der Waals surface area contributed by atoms with E-state index in [-0.39, 0.29) is 0 Å². The molecule has 0 saturated heterocycles. The van der Waals surface area contributed by atoms with Crippen LogP contribution in [0.2, 0.25) is 0 Å². The molecule has 16 heavy (non-hydrogen) atoms. The normalized spacial score (nSPS) is 46.7. The first-order valence-electron chi connectivity index (χ1n) is 7.13. The summed E-state index contributed by atoms with van der Waals surface area (Å²) in [6, 6.07) is 0. The van der Waals surface area contributed by atoms with Gasteiger partial charge in [-0.2, -0.15) is 0 Å². The fraction of sp³-hybridized carbons (Fsp3) is 1.00. The molecule has 0 spiro atoms. The lowest BCUT2D eigenvalue weighted by Gasteiger charge is -2.62. The van der Waals surface area contributed by atoms with E-state index in [0.29, 0.717) is 11.1 Å². The minimum Gasteiger partial charge on any atom is -0.296 e. The lowest BCUT2D eigenvalue weighted by atomic mass is 9.52. The second-order valence-electron chi connectivity index (χ2n) is 7.87. The molecule has 4 rings (SSSR count). The van der Waals surface area contributed by atoms with Gasteiger partial charge in [-0.3, -0.25) is 4.90 Å². The van der Waals surface area contributed by atoms with Crippen LogP contribution in [0.15, 0.2) is 0 Å². The Morgan fingerprint density at radius 2 is 1.25 bits per heavy atom. The van der Waals surface area contributed by atoms with E-state index in [1.807, 2.05) is 0 Å². The molecule has 1 nitrogen and oxygen atoms in total. The Hall–Kier alpha value is -0.0400. The Kier molecular flexibility index (Phi) is 2.25. The van der Waals surface area contributed by atoms with Crippen LogP contribution in [0.5, 0.6) is 0 Å². The second kappa shape index (κ2) is 3.25. The molecule has 4 aliphatic rings. The van der Waals surface area contributed by atoms with Gasteiger partial charge in [0.1, 0.15) is 0 Å². The Morgan fingerprint density at radius 1 is 0.875 bits per heavy atom. The zero-order chi connectivity index (χ0) is 11.6. The minimum absolute atomic E-state index is 0.339. The lowest BCUT2D eigenvalue weighted by Crippen LogP contribution is -2.63. The number of hydrogen-bond donors (Lipinski definition) is 0. The summed E-state index contributed by atoms with van der Waals surface area (Å²) in [7, 11) is 2.38. The smallest absolute Gasteiger partial charge is 0.0219 e. The van der Waals surface area contributed by atoms with Crippen molar-refractivity contribution in [3.63, 3.8) is 0 Å². The van der Waals surface area contributed by atoms with Gasteiger partial charge in [-0.25, -0.2) is 0 Å². The van der Waals surface area contributed by atoms with Crippen molar-refractivity contribution in [3.8, 4) is 0 Å². The zero-order valence-electron chi connectivity index (χ0n) is 11.4. The summed E-state index contributed by atoms with van der Waals surface area (Å²) in [4.78, 5) is 2.73. The van der Waals surface area contributed by atoms with Crippen LogP contribution in [0.25, 0.3) is 0 Å². The third kappa shape index (κ3) is 1.54. The van der Waals surface area contributed by atoms with Crippen LogP contribution in [0.1, 0.15) is 59.3 Å². The Balaban J connectivity index is 1.88. The molecule has 4 bridgehead atoms. The lowest BCUT2D eigenvalue weighted by molar-refractivity contribution is -0.108. The van der Waals surface area contributed by atoms with E-state index >= 15 is 0 Å². The summed E-state index contributed by atoms with van der Waals surface area (Å²) in [6.45, 7) is 7.14. The summed E-state index contributed by atoms with van der Waals surface area (Å²) in [5.74, 6) is 3.20. The SMILES string of the molecule is CN(C(C)(C)C)C12CC3CC(CC(C3)C1)C2. The van der Waals surface area contributed by atoms with Gasteiger partial charge in [-0.05, 0) is 84.1 Å². The first-order chi connectivity index (χ1) is 7.39. The predicted octanol–water partition coefficient (Wildman–Crippen LogP) is 3.69. The largest absolute Gasteiger partial charge is 0.296 e. The highest BCUT2D eigenvalue weighted by Gasteiger charge is 2.54. The quantitative estimate of drug-likeness (QED) is 0.653. The molecular weight excluding hydrogens is 194 g/mol. The molecule has 0 aromatic rings. The molecule has 4 aliphatic carbocycles. The van der Waals surface area contributed by atoms with Crippen molar-refractivity contribution in [3.05, 3.63) is 0 Å². The molecule has 0 atom stereocenters. The molecule has 0 aliphatic heterocycles. The van der Waals surface area contributed by atoms with Crippen LogP contribution in [-0.2, 0) is 0 Å². The first kappa shape index (κ1) is 11.1. The van der Waals surface area contributed by atoms with E-state index < -0.39 is 0 Å². The molecule has 0 heterocycles. The van der Waals surface area contributed by atoms with Crippen molar-refractivity contribution < 1.29 is 0 Å². The highest BCUT2D eigenvalue weighted by Crippen LogP contribution is 2.58. The second-order valence-corrected chi connectivity index (χ2v) is 7.87. The molecule has 0 N–H and O–H groups in total. The van der Waals surface area contributed by atoms with E-state index in [4.69, 9.17) is 0 Å². The van der Waals surface area contributed by atoms with Gasteiger partial charge < -0.3 is 0 Å². The fourth-order valence-electron chi connectivity index (χ4n) is 5.19. The van der Waals surface area contributed by atoms with Gasteiger partial charge in [-0.15, -0.1) is 0 Å². The van der Waals surface area contributed by atoms with E-state index in [0.717, 1.165) is 17.8 Å². The minimum atomic E-state index is 0.339. The van der Waals surface area contributed by atoms with Crippen LogP contribution in [0.4, 0.5) is 0 Å². The van der Waals surface area contributed by atoms with Crippen molar-refractivity contribution in [1.29, 1.82) is 0 Å². The maximum atomic E-state index is 2.73. The standard InChI is InChI=1S/C15H27N/c1-14(2,3)16(4)15-8-11-5-12(9-15)7-13(6-11)10-15/h11-13H,5-10H2,1-4H3. The van der Waals surface area contributed by atoms with E-state index in [2.05, 4.69) is 32.7 Å². The Bertz CT molecular complexity index is 251. The molecule has 92 valence electrons. The average molecular weight is 221 g/mol. The Labute approximate surface area is 101 Å². The van der Waals surface area contributed by atoms with Crippen LogP contribution in [-0.4, -0.2) is 23.0 Å². The first-order valence-corrected chi connectivity index (χ1v) is 7.13. The molecule has 1 heteroatoms. The van der Waals surface area contributed by atoms with Crippen LogP contribution >= 0.6 is 0 Å². The van der Waals surface area contributed by atoms with E-state index in [1.165, 1.54) is 19.3 Å². The monoisotopic (exact) mass is 221 g/mol. The summed E-state index contributed by atoms with van der Waals surface area (Å²) in [6.07, 6.45) is 9.14. The average Bonchev–Trinajstić information content (AvgIpc) is 2.12. The molecule has 4 fully saturated rings. The summed E-state index contributed by atoms with van der Waals surface area (Å²) >= 11 is 0. The van der Waals surface area contributed by atoms with E-state index in [1.54, 1.807) is 19.3 Å². The van der Waals surface area contributed by atoms with Crippen molar-refractivity contribution >= 4 is 0 Å². The molecule has 0 aromatic heterocycles. The predicted molar refractivity (Wildman–Crippen MR) is 68.4 cm³/mol. The van der Waals surface area contributed by atoms with Crippen LogP contribution in [0, 0.1) is 17.8 Å². The molecule has 0 radical (unpaired) electrons. The fourth-order valence-corrected chi connectivity index (χ4v) is 5.19.